The van der Waals surface area contributed by atoms with Crippen molar-refractivity contribution in [3.8, 4) is 26.3 Å². The highest BCUT2D eigenvalue weighted by atomic mass is 32.1. The smallest absolute Gasteiger partial charge is 0.349 e. The lowest BCUT2D eigenvalue weighted by molar-refractivity contribution is -0.149. The summed E-state index contributed by atoms with van der Waals surface area (Å²) in [5.74, 6) is 1.60. The number of esters is 1. The van der Waals surface area contributed by atoms with Crippen LogP contribution in [0.3, 0.4) is 0 Å². The van der Waals surface area contributed by atoms with Crippen molar-refractivity contribution in [2.75, 3.05) is 4.90 Å². The fraction of sp³-hybridized carbons (Fsp3) is 0.415. The number of aryl methyl sites for hydroxylation is 1. The summed E-state index contributed by atoms with van der Waals surface area (Å²) in [4.78, 5) is 20.0. The number of anilines is 2. The third kappa shape index (κ3) is 6.33. The molecule has 0 radical (unpaired) electrons. The van der Waals surface area contributed by atoms with Crippen LogP contribution in [0.15, 0.2) is 72.3 Å². The predicted molar refractivity (Wildman–Crippen MR) is 196 cm³/mol. The van der Waals surface area contributed by atoms with Gasteiger partial charge in [-0.25, -0.2) is 4.79 Å². The predicted octanol–water partition coefficient (Wildman–Crippen LogP) is 11.5. The summed E-state index contributed by atoms with van der Waals surface area (Å²) < 4.78 is 5.47. The molecule has 3 aliphatic rings. The van der Waals surface area contributed by atoms with Gasteiger partial charge >= 0.3 is 5.97 Å². The fourth-order valence-electron chi connectivity index (χ4n) is 8.20. The number of hydrogen-bond acceptors (Lipinski definition) is 6. The van der Waals surface area contributed by atoms with Crippen LogP contribution in [0.5, 0.6) is 0 Å². The molecule has 0 N–H and O–H groups in total. The number of ether oxygens (including phenoxy) is 1. The van der Waals surface area contributed by atoms with E-state index in [1.807, 2.05) is 38.2 Å². The Bertz CT molecular complexity index is 1840. The molecule has 2 aromatic heterocycles. The maximum absolute atomic E-state index is 12.6. The third-order valence-electron chi connectivity index (χ3n) is 10.1. The molecule has 2 aliphatic carbocycles. The van der Waals surface area contributed by atoms with Gasteiger partial charge in [-0.15, -0.1) is 22.7 Å². The van der Waals surface area contributed by atoms with Crippen LogP contribution in [0, 0.1) is 23.2 Å². The Morgan fingerprint density at radius 1 is 0.979 bits per heavy atom. The number of nitrogens with zero attached hydrogens (tertiary/aromatic N) is 2. The molecule has 2 fully saturated rings. The fourth-order valence-corrected chi connectivity index (χ4v) is 10.5. The molecular weight excluding hydrogens is 617 g/mol. The number of fused-ring (bicyclic) bond motifs is 7. The zero-order valence-corrected chi connectivity index (χ0v) is 29.6. The second-order valence-electron chi connectivity index (χ2n) is 14.5. The minimum absolute atomic E-state index is 0.0292. The van der Waals surface area contributed by atoms with Crippen molar-refractivity contribution in [2.24, 2.45) is 11.8 Å². The molecule has 0 spiro atoms. The number of thiophene rings is 2. The van der Waals surface area contributed by atoms with E-state index in [0.29, 0.717) is 12.0 Å². The van der Waals surface area contributed by atoms with Gasteiger partial charge in [-0.2, -0.15) is 5.26 Å². The first-order valence-corrected chi connectivity index (χ1v) is 18.9. The second-order valence-corrected chi connectivity index (χ2v) is 16.6. The van der Waals surface area contributed by atoms with E-state index in [-0.39, 0.29) is 5.57 Å². The number of hydrogen-bond donors (Lipinski definition) is 0. The molecule has 4 atom stereocenters. The summed E-state index contributed by atoms with van der Waals surface area (Å²) in [7, 11) is 0. The van der Waals surface area contributed by atoms with E-state index in [2.05, 4.69) is 78.6 Å². The van der Waals surface area contributed by atoms with E-state index in [9.17, 15) is 10.1 Å². The molecule has 3 heterocycles. The zero-order chi connectivity index (χ0) is 32.7. The van der Waals surface area contributed by atoms with Crippen molar-refractivity contribution in [3.05, 3.63) is 88.3 Å². The van der Waals surface area contributed by atoms with Gasteiger partial charge in [0.15, 0.2) is 0 Å². The van der Waals surface area contributed by atoms with Crippen LogP contribution >= 0.6 is 22.7 Å². The van der Waals surface area contributed by atoms with Gasteiger partial charge in [0.1, 0.15) is 17.2 Å². The molecule has 0 saturated heterocycles. The van der Waals surface area contributed by atoms with Crippen LogP contribution in [0.25, 0.3) is 26.3 Å². The molecule has 4 aromatic rings. The minimum atomic E-state index is -0.649. The van der Waals surface area contributed by atoms with Crippen molar-refractivity contribution in [2.45, 2.75) is 96.6 Å². The van der Waals surface area contributed by atoms with E-state index < -0.39 is 11.6 Å². The van der Waals surface area contributed by atoms with E-state index in [4.69, 9.17) is 4.74 Å². The highest BCUT2D eigenvalue weighted by Crippen LogP contribution is 2.62. The Labute approximate surface area is 287 Å². The summed E-state index contributed by atoms with van der Waals surface area (Å²) in [6, 6.07) is 27.5. The Morgan fingerprint density at radius 3 is 2.55 bits per heavy atom. The van der Waals surface area contributed by atoms with Crippen LogP contribution in [0.4, 0.5) is 11.4 Å². The molecule has 4 nitrogen and oxygen atoms in total. The van der Waals surface area contributed by atoms with Gasteiger partial charge in [0.2, 0.25) is 0 Å². The normalized spacial score (nSPS) is 21.5. The average molecular weight is 661 g/mol. The van der Waals surface area contributed by atoms with E-state index in [1.54, 1.807) is 17.4 Å². The molecule has 242 valence electrons. The van der Waals surface area contributed by atoms with E-state index in [1.165, 1.54) is 87.6 Å². The molecule has 47 heavy (non-hydrogen) atoms. The van der Waals surface area contributed by atoms with Gasteiger partial charge in [-0.05, 0) is 130 Å². The largest absolute Gasteiger partial charge is 0.456 e. The second kappa shape index (κ2) is 13.1. The third-order valence-corrected chi connectivity index (χ3v) is 12.6. The molecule has 0 amide bonds. The first kappa shape index (κ1) is 31.9. The monoisotopic (exact) mass is 660 g/mol. The Morgan fingerprint density at radius 2 is 1.79 bits per heavy atom. The molecule has 4 unspecified atom stereocenters. The molecule has 2 saturated carbocycles. The number of para-hydroxylation sites is 1. The average Bonchev–Trinajstić information content (AvgIpc) is 3.88. The van der Waals surface area contributed by atoms with Crippen molar-refractivity contribution < 1.29 is 9.53 Å². The SMILES string of the molecule is CCCCCCc1cc(-c2ccc3c(c2)C2C4CCC(C4)C2N3c2ccccc2)sc1-c1ccc(/C=C(\C#N)C(=O)OC(C)(C)C)s1. The summed E-state index contributed by atoms with van der Waals surface area (Å²) in [5.41, 5.74) is 6.36. The zero-order valence-electron chi connectivity index (χ0n) is 27.9. The topological polar surface area (TPSA) is 53.3 Å². The van der Waals surface area contributed by atoms with Gasteiger partial charge in [0.05, 0.1) is 0 Å². The lowest BCUT2D eigenvalue weighted by Crippen LogP contribution is -2.35. The van der Waals surface area contributed by atoms with Crippen LogP contribution in [-0.2, 0) is 16.0 Å². The van der Waals surface area contributed by atoms with E-state index in [0.717, 1.165) is 23.1 Å². The standard InChI is InChI=1S/C41H44N2O2S2/c1-5-6-7-9-12-29-24-36(47-39(29)35-20-18-32(46-35)22-30(25-42)40(44)45-41(2,3)4)26-17-19-34-33(23-26)37-27-15-16-28(21-27)38(37)43(34)31-13-10-8-11-14-31/h8,10-11,13-14,17-20,22-24,27-28,37-38H,5-7,9,12,15-16,21H2,1-4H3/b30-22+. The highest BCUT2D eigenvalue weighted by Gasteiger charge is 2.55. The Kier molecular flexibility index (Phi) is 8.89. The van der Waals surface area contributed by atoms with Crippen molar-refractivity contribution >= 4 is 46.1 Å². The number of carbonyl (C=O) groups excluding carboxylic acids is 1. The number of unbranched alkanes of at least 4 members (excludes halogenated alkanes) is 3. The maximum Gasteiger partial charge on any atom is 0.349 e. The minimum Gasteiger partial charge on any atom is -0.456 e. The van der Waals surface area contributed by atoms with Gasteiger partial charge in [-0.3, -0.25) is 0 Å². The highest BCUT2D eigenvalue weighted by molar-refractivity contribution is 7.24. The number of benzene rings is 2. The lowest BCUT2D eigenvalue weighted by Gasteiger charge is -2.33. The summed E-state index contributed by atoms with van der Waals surface area (Å²) in [5, 5.41) is 9.72. The maximum atomic E-state index is 12.6. The summed E-state index contributed by atoms with van der Waals surface area (Å²) in [6.45, 7) is 7.71. The van der Waals surface area contributed by atoms with Crippen LogP contribution in [0.2, 0.25) is 0 Å². The van der Waals surface area contributed by atoms with E-state index >= 15 is 0 Å². The van der Waals surface area contributed by atoms with Crippen molar-refractivity contribution in [1.29, 1.82) is 5.26 Å². The van der Waals surface area contributed by atoms with Gasteiger partial charge in [0, 0.05) is 42.8 Å². The molecule has 7 rings (SSSR count). The first-order chi connectivity index (χ1) is 22.7. The summed E-state index contributed by atoms with van der Waals surface area (Å²) >= 11 is 3.52. The molecule has 2 aromatic carbocycles. The Balaban J connectivity index is 1.23. The molecular formula is C41H44N2O2S2. The van der Waals surface area contributed by atoms with Crippen LogP contribution in [0.1, 0.15) is 94.6 Å². The summed E-state index contributed by atoms with van der Waals surface area (Å²) in [6.07, 6.45) is 11.7. The lowest BCUT2D eigenvalue weighted by atomic mass is 9.81. The number of rotatable bonds is 10. The van der Waals surface area contributed by atoms with Gasteiger partial charge in [-0.1, -0.05) is 50.5 Å². The molecule has 1 aliphatic heterocycles. The number of carbonyl (C=O) groups is 1. The van der Waals surface area contributed by atoms with Crippen molar-refractivity contribution in [1.82, 2.24) is 0 Å². The first-order valence-electron chi connectivity index (χ1n) is 17.3. The van der Waals surface area contributed by atoms with Crippen LogP contribution in [-0.4, -0.2) is 17.6 Å². The quantitative estimate of drug-likeness (QED) is 0.0735. The van der Waals surface area contributed by atoms with Crippen molar-refractivity contribution in [3.63, 3.8) is 0 Å². The Hall–Kier alpha value is -3.66. The van der Waals surface area contributed by atoms with Gasteiger partial charge < -0.3 is 9.64 Å². The molecule has 6 heteroatoms. The molecule has 2 bridgehead atoms. The van der Waals surface area contributed by atoms with Gasteiger partial charge in [0.25, 0.3) is 0 Å². The van der Waals surface area contributed by atoms with Crippen LogP contribution < -0.4 is 4.90 Å². The number of nitriles is 1.